The van der Waals surface area contributed by atoms with Crippen LogP contribution in [0.4, 0.5) is 11.5 Å². The molecule has 21 heavy (non-hydrogen) atoms. The molecule has 0 aliphatic heterocycles. The lowest BCUT2D eigenvalue weighted by Gasteiger charge is -2.19. The van der Waals surface area contributed by atoms with Gasteiger partial charge in [-0.05, 0) is 36.0 Å². The highest BCUT2D eigenvalue weighted by molar-refractivity contribution is 6.29. The average Bonchev–Trinajstić information content (AvgIpc) is 3.21. The van der Waals surface area contributed by atoms with E-state index >= 15 is 0 Å². The third-order valence-corrected chi connectivity index (χ3v) is 3.87. The number of nitrogens with one attached hydrogen (secondary N) is 1. The van der Waals surface area contributed by atoms with Crippen LogP contribution < -0.4 is 5.32 Å². The van der Waals surface area contributed by atoms with E-state index in [0.29, 0.717) is 11.1 Å². The third kappa shape index (κ3) is 3.53. The van der Waals surface area contributed by atoms with Gasteiger partial charge in [0.1, 0.15) is 16.8 Å². The zero-order valence-electron chi connectivity index (χ0n) is 12.7. The first-order valence-corrected chi connectivity index (χ1v) is 7.72. The van der Waals surface area contributed by atoms with Crippen molar-refractivity contribution < 1.29 is 0 Å². The second kappa shape index (κ2) is 5.30. The zero-order chi connectivity index (χ0) is 15.0. The highest BCUT2D eigenvalue weighted by Gasteiger charge is 2.27. The Hall–Kier alpha value is -1.61. The lowest BCUT2D eigenvalue weighted by Crippen LogP contribution is -2.10. The minimum absolute atomic E-state index is 0.163. The van der Waals surface area contributed by atoms with Crippen LogP contribution in [0, 0.1) is 0 Å². The van der Waals surface area contributed by atoms with Crippen molar-refractivity contribution in [2.24, 2.45) is 0 Å². The number of benzene rings is 1. The Balaban J connectivity index is 1.80. The molecule has 1 fully saturated rings. The van der Waals surface area contributed by atoms with Crippen molar-refractivity contribution in [1.82, 2.24) is 9.97 Å². The largest absolute Gasteiger partial charge is 0.340 e. The molecule has 1 aliphatic rings. The first-order valence-electron chi connectivity index (χ1n) is 7.34. The molecule has 0 amide bonds. The Morgan fingerprint density at radius 2 is 1.76 bits per heavy atom. The molecule has 2 aromatic rings. The standard InChI is InChI=1S/C17H20ClN3/c1-17(2,3)12-6-8-13(9-7-12)19-15-10-14(18)20-16(21-15)11-4-5-11/h6-11H,4-5H2,1-3H3,(H,19,20,21). The Bertz CT molecular complexity index is 640. The van der Waals surface area contributed by atoms with E-state index in [-0.39, 0.29) is 5.41 Å². The molecule has 1 saturated carbocycles. The normalized spacial score (nSPS) is 15.0. The van der Waals surface area contributed by atoms with Crippen molar-refractivity contribution in [2.45, 2.75) is 44.9 Å². The first-order chi connectivity index (χ1) is 9.91. The van der Waals surface area contributed by atoms with Gasteiger partial charge in [-0.15, -0.1) is 0 Å². The van der Waals surface area contributed by atoms with Gasteiger partial charge in [0.05, 0.1) is 0 Å². The summed E-state index contributed by atoms with van der Waals surface area (Å²) in [6.45, 7) is 6.63. The lowest BCUT2D eigenvalue weighted by molar-refractivity contribution is 0.590. The first kappa shape index (κ1) is 14.3. The van der Waals surface area contributed by atoms with Gasteiger partial charge in [0.15, 0.2) is 0 Å². The fourth-order valence-electron chi connectivity index (χ4n) is 2.22. The van der Waals surface area contributed by atoms with E-state index in [0.717, 1.165) is 17.3 Å². The number of halogens is 1. The number of hydrogen-bond donors (Lipinski definition) is 1. The summed E-state index contributed by atoms with van der Waals surface area (Å²) >= 11 is 6.08. The Morgan fingerprint density at radius 3 is 2.33 bits per heavy atom. The molecule has 1 N–H and O–H groups in total. The Morgan fingerprint density at radius 1 is 1.10 bits per heavy atom. The predicted molar refractivity (Wildman–Crippen MR) is 87.4 cm³/mol. The van der Waals surface area contributed by atoms with Crippen molar-refractivity contribution in [3.05, 3.63) is 46.9 Å². The summed E-state index contributed by atoms with van der Waals surface area (Å²) in [4.78, 5) is 8.85. The number of rotatable bonds is 3. The van der Waals surface area contributed by atoms with Crippen molar-refractivity contribution in [2.75, 3.05) is 5.32 Å². The van der Waals surface area contributed by atoms with Gasteiger partial charge in [-0.25, -0.2) is 9.97 Å². The number of anilines is 2. The van der Waals surface area contributed by atoms with E-state index in [1.165, 1.54) is 18.4 Å². The van der Waals surface area contributed by atoms with Gasteiger partial charge >= 0.3 is 0 Å². The van der Waals surface area contributed by atoms with Crippen LogP contribution in [-0.2, 0) is 5.41 Å². The Kier molecular flexibility index (Phi) is 3.62. The van der Waals surface area contributed by atoms with Gasteiger partial charge in [-0.1, -0.05) is 44.5 Å². The highest BCUT2D eigenvalue weighted by Crippen LogP contribution is 2.39. The molecule has 0 unspecified atom stereocenters. The fourth-order valence-corrected chi connectivity index (χ4v) is 2.41. The SMILES string of the molecule is CC(C)(C)c1ccc(Nc2cc(Cl)nc(C3CC3)n2)cc1. The van der Waals surface area contributed by atoms with Crippen LogP contribution >= 0.6 is 11.6 Å². The molecule has 3 rings (SSSR count). The summed E-state index contributed by atoms with van der Waals surface area (Å²) in [7, 11) is 0. The maximum Gasteiger partial charge on any atom is 0.135 e. The van der Waals surface area contributed by atoms with Crippen LogP contribution in [0.1, 0.15) is 50.9 Å². The molecule has 1 aromatic carbocycles. The maximum absolute atomic E-state index is 6.08. The van der Waals surface area contributed by atoms with Gasteiger partial charge in [0.25, 0.3) is 0 Å². The van der Waals surface area contributed by atoms with Gasteiger partial charge in [0, 0.05) is 17.7 Å². The zero-order valence-corrected chi connectivity index (χ0v) is 13.4. The molecule has 0 spiro atoms. The summed E-state index contributed by atoms with van der Waals surface area (Å²) in [5, 5.41) is 3.81. The molecule has 3 nitrogen and oxygen atoms in total. The van der Waals surface area contributed by atoms with E-state index in [9.17, 15) is 0 Å². The van der Waals surface area contributed by atoms with Crippen LogP contribution in [-0.4, -0.2) is 9.97 Å². The minimum Gasteiger partial charge on any atom is -0.340 e. The van der Waals surface area contributed by atoms with Crippen molar-refractivity contribution in [3.8, 4) is 0 Å². The van der Waals surface area contributed by atoms with Gasteiger partial charge < -0.3 is 5.32 Å². The van der Waals surface area contributed by atoms with E-state index < -0.39 is 0 Å². The van der Waals surface area contributed by atoms with E-state index in [2.05, 4.69) is 60.3 Å². The molecule has 0 bridgehead atoms. The van der Waals surface area contributed by atoms with Crippen molar-refractivity contribution in [1.29, 1.82) is 0 Å². The van der Waals surface area contributed by atoms with E-state index in [1.807, 2.05) is 0 Å². The lowest BCUT2D eigenvalue weighted by atomic mass is 9.87. The van der Waals surface area contributed by atoms with Gasteiger partial charge in [0.2, 0.25) is 0 Å². The topological polar surface area (TPSA) is 37.8 Å². The van der Waals surface area contributed by atoms with Crippen molar-refractivity contribution in [3.63, 3.8) is 0 Å². The van der Waals surface area contributed by atoms with Crippen molar-refractivity contribution >= 4 is 23.1 Å². The molecule has 0 saturated heterocycles. The van der Waals surface area contributed by atoms with Crippen LogP contribution in [0.2, 0.25) is 5.15 Å². The third-order valence-electron chi connectivity index (χ3n) is 3.68. The van der Waals surface area contributed by atoms with Crippen LogP contribution in [0.25, 0.3) is 0 Å². The quantitative estimate of drug-likeness (QED) is 0.806. The molecule has 4 heteroatoms. The van der Waals surface area contributed by atoms with Crippen LogP contribution in [0.15, 0.2) is 30.3 Å². The van der Waals surface area contributed by atoms with E-state index in [1.54, 1.807) is 6.07 Å². The van der Waals surface area contributed by atoms with Gasteiger partial charge in [-0.2, -0.15) is 0 Å². The summed E-state index contributed by atoms with van der Waals surface area (Å²) < 4.78 is 0. The molecular weight excluding hydrogens is 282 g/mol. The molecule has 1 heterocycles. The molecule has 110 valence electrons. The van der Waals surface area contributed by atoms with Gasteiger partial charge in [-0.3, -0.25) is 0 Å². The number of hydrogen-bond acceptors (Lipinski definition) is 3. The number of nitrogens with zero attached hydrogens (tertiary/aromatic N) is 2. The highest BCUT2D eigenvalue weighted by atomic mass is 35.5. The monoisotopic (exact) mass is 301 g/mol. The molecule has 0 atom stereocenters. The smallest absolute Gasteiger partial charge is 0.135 e. The molecule has 1 aliphatic carbocycles. The average molecular weight is 302 g/mol. The van der Waals surface area contributed by atoms with Crippen LogP contribution in [0.5, 0.6) is 0 Å². The Labute approximate surface area is 130 Å². The second-order valence-electron chi connectivity index (χ2n) is 6.66. The summed E-state index contributed by atoms with van der Waals surface area (Å²) in [6, 6.07) is 10.2. The summed E-state index contributed by atoms with van der Waals surface area (Å²) in [6.07, 6.45) is 2.33. The van der Waals surface area contributed by atoms with Crippen LogP contribution in [0.3, 0.4) is 0 Å². The predicted octanol–water partition coefficient (Wildman–Crippen LogP) is 5.05. The summed E-state index contributed by atoms with van der Waals surface area (Å²) in [5.41, 5.74) is 2.49. The molecule has 1 aromatic heterocycles. The fraction of sp³-hybridized carbons (Fsp3) is 0.412. The molecule has 0 radical (unpaired) electrons. The minimum atomic E-state index is 0.163. The second-order valence-corrected chi connectivity index (χ2v) is 7.05. The maximum atomic E-state index is 6.08. The number of aromatic nitrogens is 2. The van der Waals surface area contributed by atoms with E-state index in [4.69, 9.17) is 11.6 Å². The molecular formula is C17H20ClN3. The summed E-state index contributed by atoms with van der Waals surface area (Å²) in [5.74, 6) is 2.12.